The van der Waals surface area contributed by atoms with E-state index in [9.17, 15) is 26.0 Å². The lowest BCUT2D eigenvalue weighted by Crippen LogP contribution is -2.43. The Morgan fingerprint density at radius 3 is 2.13 bits per heavy atom. The highest BCUT2D eigenvalue weighted by atomic mass is 32.2. The molecule has 208 valence electrons. The molecule has 4 rings (SSSR count). The van der Waals surface area contributed by atoms with Gasteiger partial charge in [-0.2, -0.15) is 4.31 Å². The molecule has 2 aliphatic rings. The minimum atomic E-state index is -3.55. The van der Waals surface area contributed by atoms with E-state index in [2.05, 4.69) is 5.32 Å². The highest BCUT2D eigenvalue weighted by Gasteiger charge is 2.31. The number of ether oxygens (including phenoxy) is 1. The van der Waals surface area contributed by atoms with Gasteiger partial charge in [0, 0.05) is 32.1 Å². The number of halogens is 1. The Morgan fingerprint density at radius 2 is 1.50 bits per heavy atom. The fourth-order valence-electron chi connectivity index (χ4n) is 4.73. The van der Waals surface area contributed by atoms with E-state index in [4.69, 9.17) is 4.74 Å². The van der Waals surface area contributed by atoms with Crippen molar-refractivity contribution < 1.29 is 30.8 Å². The minimum absolute atomic E-state index is 0.146. The molecule has 2 saturated heterocycles. The van der Waals surface area contributed by atoms with Crippen molar-refractivity contribution in [3.05, 3.63) is 59.9 Å². The van der Waals surface area contributed by atoms with Crippen LogP contribution in [0.4, 0.5) is 4.39 Å². The van der Waals surface area contributed by atoms with Crippen LogP contribution in [-0.4, -0.2) is 70.7 Å². The lowest BCUT2D eigenvalue weighted by atomic mass is 9.97. The van der Waals surface area contributed by atoms with Crippen molar-refractivity contribution in [1.29, 1.82) is 0 Å². The molecular formula is C26H34FN3O6S2. The summed E-state index contributed by atoms with van der Waals surface area (Å²) < 4.78 is 72.5. The molecule has 0 atom stereocenters. The lowest BCUT2D eigenvalue weighted by Gasteiger charge is -2.30. The number of nitrogens with one attached hydrogen (secondary N) is 1. The van der Waals surface area contributed by atoms with Gasteiger partial charge in [-0.15, -0.1) is 0 Å². The summed E-state index contributed by atoms with van der Waals surface area (Å²) in [6, 6.07) is 11.7. The number of hydrogen-bond donors (Lipinski definition) is 1. The first-order valence-corrected chi connectivity index (χ1v) is 15.9. The van der Waals surface area contributed by atoms with Gasteiger partial charge in [0.25, 0.3) is 0 Å². The van der Waals surface area contributed by atoms with Gasteiger partial charge in [0.1, 0.15) is 18.2 Å². The summed E-state index contributed by atoms with van der Waals surface area (Å²) in [5.41, 5.74) is 0.518. The highest BCUT2D eigenvalue weighted by Crippen LogP contribution is 2.24. The lowest BCUT2D eigenvalue weighted by molar-refractivity contribution is -0.126. The Balaban J connectivity index is 1.17. The Hall–Kier alpha value is -2.54. The maximum absolute atomic E-state index is 13.1. The van der Waals surface area contributed by atoms with Gasteiger partial charge in [0.05, 0.1) is 17.2 Å². The van der Waals surface area contributed by atoms with Gasteiger partial charge in [0.15, 0.2) is 0 Å². The Morgan fingerprint density at radius 1 is 0.868 bits per heavy atom. The molecule has 0 saturated carbocycles. The molecule has 38 heavy (non-hydrogen) atoms. The highest BCUT2D eigenvalue weighted by molar-refractivity contribution is 7.89. The molecule has 1 amide bonds. The number of rotatable bonds is 10. The smallest absolute Gasteiger partial charge is 0.243 e. The van der Waals surface area contributed by atoms with E-state index >= 15 is 0 Å². The fraction of sp³-hybridized carbons (Fsp3) is 0.500. The second-order valence-electron chi connectivity index (χ2n) is 9.63. The minimum Gasteiger partial charge on any atom is -0.492 e. The SMILES string of the molecule is O=C(NCCOc1ccc(S(=O)(=O)N2CCCCC2)cc1)C1CCN(S(=O)(=O)Cc2ccc(F)cc2)CC1. The van der Waals surface area contributed by atoms with Crippen LogP contribution in [0.25, 0.3) is 0 Å². The van der Waals surface area contributed by atoms with Crippen LogP contribution in [0.3, 0.4) is 0 Å². The predicted octanol–water partition coefficient (Wildman–Crippen LogP) is 2.74. The first kappa shape index (κ1) is 28.5. The number of nitrogens with zero attached hydrogens (tertiary/aromatic N) is 2. The van der Waals surface area contributed by atoms with E-state index in [1.807, 2.05) is 0 Å². The molecule has 0 unspecified atom stereocenters. The molecule has 0 radical (unpaired) electrons. The topological polar surface area (TPSA) is 113 Å². The maximum Gasteiger partial charge on any atom is 0.243 e. The number of carbonyl (C=O) groups is 1. The van der Waals surface area contributed by atoms with Crippen molar-refractivity contribution in [3.63, 3.8) is 0 Å². The molecule has 0 aromatic heterocycles. The van der Waals surface area contributed by atoms with E-state index in [0.29, 0.717) is 37.2 Å². The van der Waals surface area contributed by atoms with Crippen molar-refractivity contribution in [3.8, 4) is 5.75 Å². The second-order valence-corrected chi connectivity index (χ2v) is 13.5. The summed E-state index contributed by atoms with van der Waals surface area (Å²) in [6.07, 6.45) is 3.64. The van der Waals surface area contributed by atoms with Gasteiger partial charge in [-0.05, 0) is 67.6 Å². The quantitative estimate of drug-likeness (QED) is 0.442. The van der Waals surface area contributed by atoms with Crippen molar-refractivity contribution >= 4 is 26.0 Å². The van der Waals surface area contributed by atoms with Gasteiger partial charge < -0.3 is 10.1 Å². The first-order valence-electron chi connectivity index (χ1n) is 12.9. The van der Waals surface area contributed by atoms with E-state index in [0.717, 1.165) is 19.3 Å². The number of carbonyl (C=O) groups excluding carboxylic acids is 1. The van der Waals surface area contributed by atoms with Crippen LogP contribution in [-0.2, 0) is 30.6 Å². The molecule has 2 aromatic carbocycles. The van der Waals surface area contributed by atoms with E-state index in [1.165, 1.54) is 45.0 Å². The van der Waals surface area contributed by atoms with Crippen LogP contribution >= 0.6 is 0 Å². The third-order valence-corrected chi connectivity index (χ3v) is 10.7. The average molecular weight is 568 g/mol. The zero-order chi connectivity index (χ0) is 27.2. The molecule has 2 aromatic rings. The number of amides is 1. The van der Waals surface area contributed by atoms with Crippen molar-refractivity contribution in [2.45, 2.75) is 42.8 Å². The molecule has 0 bridgehead atoms. The third kappa shape index (κ3) is 7.31. The summed E-state index contributed by atoms with van der Waals surface area (Å²) in [5, 5.41) is 2.83. The molecule has 0 spiro atoms. The standard InChI is InChI=1S/C26H34FN3O6S2/c27-23-6-4-21(5-7-23)20-37(32,33)29-17-12-22(13-18-29)26(31)28-14-19-36-24-8-10-25(11-9-24)38(34,35)30-15-2-1-3-16-30/h4-11,22H,1-3,12-20H2,(H,28,31). The van der Waals surface area contributed by atoms with Crippen LogP contribution in [0.5, 0.6) is 5.75 Å². The zero-order valence-corrected chi connectivity index (χ0v) is 22.9. The molecule has 0 aliphatic carbocycles. The number of sulfonamides is 2. The van der Waals surface area contributed by atoms with E-state index in [-0.39, 0.29) is 48.7 Å². The predicted molar refractivity (Wildman–Crippen MR) is 141 cm³/mol. The number of hydrogen-bond acceptors (Lipinski definition) is 6. The summed E-state index contributed by atoms with van der Waals surface area (Å²) in [4.78, 5) is 12.8. The van der Waals surface area contributed by atoms with Gasteiger partial charge in [0.2, 0.25) is 26.0 Å². The van der Waals surface area contributed by atoms with Crippen molar-refractivity contribution in [2.24, 2.45) is 5.92 Å². The summed E-state index contributed by atoms with van der Waals surface area (Å²) in [6.45, 7) is 2.09. The molecule has 9 nitrogen and oxygen atoms in total. The van der Waals surface area contributed by atoms with Gasteiger partial charge in [-0.3, -0.25) is 4.79 Å². The van der Waals surface area contributed by atoms with Crippen LogP contribution < -0.4 is 10.1 Å². The fourth-order valence-corrected chi connectivity index (χ4v) is 7.81. The Kier molecular flexibility index (Phi) is 9.40. The average Bonchev–Trinajstić information content (AvgIpc) is 2.93. The second kappa shape index (κ2) is 12.5. The largest absolute Gasteiger partial charge is 0.492 e. The van der Waals surface area contributed by atoms with Crippen LogP contribution in [0.2, 0.25) is 0 Å². The Bertz CT molecular complexity index is 1290. The summed E-state index contributed by atoms with van der Waals surface area (Å²) in [5.74, 6) is -0.540. The molecule has 1 N–H and O–H groups in total. The zero-order valence-electron chi connectivity index (χ0n) is 21.2. The monoisotopic (exact) mass is 567 g/mol. The Labute approximate surface area is 224 Å². The molecular weight excluding hydrogens is 533 g/mol. The number of benzene rings is 2. The first-order chi connectivity index (χ1) is 18.1. The normalized spacial score (nSPS) is 18.2. The molecule has 2 aliphatic heterocycles. The summed E-state index contributed by atoms with van der Waals surface area (Å²) >= 11 is 0. The maximum atomic E-state index is 13.1. The molecule has 2 fully saturated rings. The third-order valence-electron chi connectivity index (χ3n) is 6.93. The van der Waals surface area contributed by atoms with Crippen LogP contribution in [0.1, 0.15) is 37.7 Å². The van der Waals surface area contributed by atoms with Crippen LogP contribution in [0.15, 0.2) is 53.4 Å². The summed E-state index contributed by atoms with van der Waals surface area (Å²) in [7, 11) is -7.04. The van der Waals surface area contributed by atoms with Gasteiger partial charge >= 0.3 is 0 Å². The van der Waals surface area contributed by atoms with Crippen molar-refractivity contribution in [1.82, 2.24) is 13.9 Å². The van der Waals surface area contributed by atoms with E-state index < -0.39 is 25.9 Å². The van der Waals surface area contributed by atoms with Crippen molar-refractivity contribution in [2.75, 3.05) is 39.3 Å². The van der Waals surface area contributed by atoms with E-state index in [1.54, 1.807) is 12.1 Å². The van der Waals surface area contributed by atoms with Gasteiger partial charge in [-0.25, -0.2) is 25.5 Å². The van der Waals surface area contributed by atoms with Crippen LogP contribution in [0, 0.1) is 11.7 Å². The van der Waals surface area contributed by atoms with Gasteiger partial charge in [-0.1, -0.05) is 18.6 Å². The number of piperidine rings is 2. The molecule has 2 heterocycles. The molecule has 12 heteroatoms.